The second kappa shape index (κ2) is 2.22. The highest BCUT2D eigenvalue weighted by Crippen LogP contribution is 2.66. The van der Waals surface area contributed by atoms with Crippen LogP contribution in [0.1, 0.15) is 33.1 Å². The van der Waals surface area contributed by atoms with Crippen LogP contribution in [0.25, 0.3) is 0 Å². The Kier molecular flexibility index (Phi) is 1.54. The first kappa shape index (κ1) is 7.60. The molecule has 0 saturated heterocycles. The summed E-state index contributed by atoms with van der Waals surface area (Å²) in [4.78, 5) is 0. The minimum Gasteiger partial charge on any atom is -0.381 e. The van der Waals surface area contributed by atoms with E-state index < -0.39 is 0 Å². The lowest BCUT2D eigenvalue weighted by Crippen LogP contribution is -2.27. The number of rotatable bonds is 1. The Morgan fingerprint density at radius 1 is 1.36 bits per heavy atom. The molecule has 3 unspecified atom stereocenters. The average Bonchev–Trinajstić information content (AvgIpc) is 2.55. The first-order valence-electron chi connectivity index (χ1n) is 4.74. The molecule has 0 radical (unpaired) electrons. The van der Waals surface area contributed by atoms with E-state index in [1.165, 1.54) is 19.3 Å². The normalized spacial score (nSPS) is 55.4. The molecule has 1 heteroatoms. The van der Waals surface area contributed by atoms with Crippen molar-refractivity contribution in [3.8, 4) is 0 Å². The summed E-state index contributed by atoms with van der Waals surface area (Å²) in [7, 11) is 1.86. The van der Waals surface area contributed by atoms with Gasteiger partial charge in [-0.25, -0.2) is 0 Å². The summed E-state index contributed by atoms with van der Waals surface area (Å²) < 4.78 is 5.52. The van der Waals surface area contributed by atoms with Crippen molar-refractivity contribution in [3.63, 3.8) is 0 Å². The van der Waals surface area contributed by atoms with Gasteiger partial charge in [-0.1, -0.05) is 20.3 Å². The Labute approximate surface area is 69.1 Å². The zero-order valence-corrected chi connectivity index (χ0v) is 7.76. The van der Waals surface area contributed by atoms with Crippen molar-refractivity contribution in [2.75, 3.05) is 7.11 Å². The van der Waals surface area contributed by atoms with Crippen molar-refractivity contribution in [2.45, 2.75) is 39.2 Å². The molecule has 0 bridgehead atoms. The van der Waals surface area contributed by atoms with E-state index in [-0.39, 0.29) is 0 Å². The quantitative estimate of drug-likeness (QED) is 0.563. The third-order valence-corrected chi connectivity index (χ3v) is 4.23. The number of ether oxygens (including phenoxy) is 1. The fourth-order valence-electron chi connectivity index (χ4n) is 3.16. The van der Waals surface area contributed by atoms with Crippen molar-refractivity contribution in [1.82, 2.24) is 0 Å². The van der Waals surface area contributed by atoms with Gasteiger partial charge in [-0.05, 0) is 30.1 Å². The molecule has 11 heavy (non-hydrogen) atoms. The highest BCUT2D eigenvalue weighted by Gasteiger charge is 2.63. The standard InChI is InChI=1S/C10H18O/c1-7-8-5-4-6-9(11-3)10(7,8)2/h7-9H,4-6H2,1-3H3/t7?,8?,9-,10?/m1/s1. The Bertz CT molecular complexity index is 166. The van der Waals surface area contributed by atoms with Gasteiger partial charge in [0, 0.05) is 7.11 Å². The third kappa shape index (κ3) is 0.807. The molecular formula is C10H18O. The molecule has 0 aliphatic heterocycles. The molecule has 0 heterocycles. The lowest BCUT2D eigenvalue weighted by molar-refractivity contribution is 0.0151. The Balaban J connectivity index is 2.12. The average molecular weight is 154 g/mol. The van der Waals surface area contributed by atoms with E-state index in [1.54, 1.807) is 0 Å². The van der Waals surface area contributed by atoms with E-state index >= 15 is 0 Å². The molecular weight excluding hydrogens is 136 g/mol. The predicted molar refractivity (Wildman–Crippen MR) is 45.4 cm³/mol. The molecule has 1 nitrogen and oxygen atoms in total. The maximum atomic E-state index is 5.52. The molecule has 0 amide bonds. The zero-order chi connectivity index (χ0) is 8.06. The van der Waals surface area contributed by atoms with Gasteiger partial charge in [0.1, 0.15) is 0 Å². The van der Waals surface area contributed by atoms with Gasteiger partial charge in [0.2, 0.25) is 0 Å². The lowest BCUT2D eigenvalue weighted by atomic mass is 9.87. The lowest BCUT2D eigenvalue weighted by Gasteiger charge is -2.27. The van der Waals surface area contributed by atoms with E-state index in [9.17, 15) is 0 Å². The molecule has 2 rings (SSSR count). The molecule has 0 N–H and O–H groups in total. The van der Waals surface area contributed by atoms with Crippen LogP contribution in [0.2, 0.25) is 0 Å². The van der Waals surface area contributed by atoms with Gasteiger partial charge in [0.25, 0.3) is 0 Å². The Morgan fingerprint density at radius 3 is 2.64 bits per heavy atom. The summed E-state index contributed by atoms with van der Waals surface area (Å²) >= 11 is 0. The zero-order valence-electron chi connectivity index (χ0n) is 7.76. The summed E-state index contributed by atoms with van der Waals surface area (Å²) in [5.41, 5.74) is 0.549. The molecule has 2 aliphatic carbocycles. The van der Waals surface area contributed by atoms with Crippen molar-refractivity contribution in [2.24, 2.45) is 17.3 Å². The van der Waals surface area contributed by atoms with Crippen LogP contribution < -0.4 is 0 Å². The molecule has 0 aromatic carbocycles. The first-order chi connectivity index (χ1) is 5.21. The minimum absolute atomic E-state index is 0.549. The maximum Gasteiger partial charge on any atom is 0.0630 e. The van der Waals surface area contributed by atoms with Crippen molar-refractivity contribution in [3.05, 3.63) is 0 Å². The fourth-order valence-corrected chi connectivity index (χ4v) is 3.16. The molecule has 2 saturated carbocycles. The van der Waals surface area contributed by atoms with E-state index in [4.69, 9.17) is 4.74 Å². The second-order valence-electron chi connectivity index (χ2n) is 4.42. The van der Waals surface area contributed by atoms with Crippen molar-refractivity contribution in [1.29, 1.82) is 0 Å². The predicted octanol–water partition coefficient (Wildman–Crippen LogP) is 2.46. The van der Waals surface area contributed by atoms with Gasteiger partial charge in [-0.15, -0.1) is 0 Å². The minimum atomic E-state index is 0.549. The largest absolute Gasteiger partial charge is 0.381 e. The fraction of sp³-hybridized carbons (Fsp3) is 1.00. The van der Waals surface area contributed by atoms with Gasteiger partial charge < -0.3 is 4.74 Å². The summed E-state index contributed by atoms with van der Waals surface area (Å²) in [5, 5.41) is 0. The van der Waals surface area contributed by atoms with Crippen LogP contribution in [-0.4, -0.2) is 13.2 Å². The van der Waals surface area contributed by atoms with Crippen LogP contribution in [0.15, 0.2) is 0 Å². The highest BCUT2D eigenvalue weighted by atomic mass is 16.5. The molecule has 2 aliphatic rings. The van der Waals surface area contributed by atoms with Crippen molar-refractivity contribution < 1.29 is 4.74 Å². The van der Waals surface area contributed by atoms with Gasteiger partial charge in [0.05, 0.1) is 6.10 Å². The maximum absolute atomic E-state index is 5.52. The second-order valence-corrected chi connectivity index (χ2v) is 4.42. The van der Waals surface area contributed by atoms with Crippen LogP contribution >= 0.6 is 0 Å². The van der Waals surface area contributed by atoms with Gasteiger partial charge in [-0.3, -0.25) is 0 Å². The van der Waals surface area contributed by atoms with Crippen LogP contribution in [0, 0.1) is 17.3 Å². The number of fused-ring (bicyclic) bond motifs is 1. The third-order valence-electron chi connectivity index (χ3n) is 4.23. The van der Waals surface area contributed by atoms with Gasteiger partial charge in [0.15, 0.2) is 0 Å². The van der Waals surface area contributed by atoms with Gasteiger partial charge >= 0.3 is 0 Å². The molecule has 0 aromatic heterocycles. The molecule has 2 fully saturated rings. The topological polar surface area (TPSA) is 9.23 Å². The van der Waals surface area contributed by atoms with Crippen LogP contribution in [-0.2, 0) is 4.74 Å². The summed E-state index contributed by atoms with van der Waals surface area (Å²) in [5.74, 6) is 1.89. The summed E-state index contributed by atoms with van der Waals surface area (Å²) in [6.45, 7) is 4.78. The monoisotopic (exact) mass is 154 g/mol. The SMILES string of the molecule is CO[C@@H]1CCCC2C(C)C21C. The van der Waals surface area contributed by atoms with Crippen molar-refractivity contribution >= 4 is 0 Å². The number of methoxy groups -OCH3 is 1. The van der Waals surface area contributed by atoms with E-state index in [0.717, 1.165) is 11.8 Å². The van der Waals surface area contributed by atoms with E-state index in [2.05, 4.69) is 13.8 Å². The summed E-state index contributed by atoms with van der Waals surface area (Å²) in [6, 6.07) is 0. The Hall–Kier alpha value is -0.0400. The van der Waals surface area contributed by atoms with Crippen LogP contribution in [0.3, 0.4) is 0 Å². The van der Waals surface area contributed by atoms with Crippen LogP contribution in [0.4, 0.5) is 0 Å². The highest BCUT2D eigenvalue weighted by molar-refractivity contribution is 5.11. The molecule has 64 valence electrons. The van der Waals surface area contributed by atoms with E-state index in [1.807, 2.05) is 7.11 Å². The summed E-state index contributed by atoms with van der Waals surface area (Å²) in [6.07, 6.45) is 4.66. The molecule has 0 spiro atoms. The smallest absolute Gasteiger partial charge is 0.0630 e. The van der Waals surface area contributed by atoms with E-state index in [0.29, 0.717) is 11.5 Å². The van der Waals surface area contributed by atoms with Crippen LogP contribution in [0.5, 0.6) is 0 Å². The first-order valence-corrected chi connectivity index (χ1v) is 4.74. The number of hydrogen-bond donors (Lipinski definition) is 0. The Morgan fingerprint density at radius 2 is 2.09 bits per heavy atom. The van der Waals surface area contributed by atoms with Gasteiger partial charge in [-0.2, -0.15) is 0 Å². The molecule has 4 atom stereocenters. The molecule has 0 aromatic rings. The number of hydrogen-bond acceptors (Lipinski definition) is 1.